The highest BCUT2D eigenvalue weighted by Crippen LogP contribution is 2.31. The normalized spacial score (nSPS) is 21.6. The third kappa shape index (κ3) is 3.54. The number of aliphatic carboxylic acids is 1. The van der Waals surface area contributed by atoms with Gasteiger partial charge in [-0.05, 0) is 43.5 Å². The van der Waals surface area contributed by atoms with Gasteiger partial charge >= 0.3 is 5.97 Å². The molecule has 0 heterocycles. The molecule has 0 aromatic heterocycles. The Morgan fingerprint density at radius 2 is 1.81 bits per heavy atom. The Labute approximate surface area is 124 Å². The van der Waals surface area contributed by atoms with E-state index in [1.54, 1.807) is 31.2 Å². The van der Waals surface area contributed by atoms with E-state index in [-0.39, 0.29) is 11.8 Å². The molecule has 0 aliphatic heterocycles. The van der Waals surface area contributed by atoms with Gasteiger partial charge in [0.05, 0.1) is 13.0 Å². The van der Waals surface area contributed by atoms with E-state index in [2.05, 4.69) is 0 Å². The third-order valence-electron chi connectivity index (χ3n) is 4.16. The van der Waals surface area contributed by atoms with E-state index in [1.807, 2.05) is 12.1 Å². The Morgan fingerprint density at radius 3 is 2.38 bits per heavy atom. The Balaban J connectivity index is 2.05. The van der Waals surface area contributed by atoms with E-state index < -0.39 is 11.9 Å². The van der Waals surface area contributed by atoms with Crippen LogP contribution in [0.4, 0.5) is 5.69 Å². The lowest BCUT2D eigenvalue weighted by Gasteiger charge is -2.29. The van der Waals surface area contributed by atoms with Gasteiger partial charge in [-0.2, -0.15) is 0 Å². The SMILES string of the molecule is COc1ccc(N(C)C(=O)C2CCCC(C(=O)O)C2)cc1. The molecule has 1 aliphatic rings. The fraction of sp³-hybridized carbons (Fsp3) is 0.500. The summed E-state index contributed by atoms with van der Waals surface area (Å²) < 4.78 is 5.10. The number of benzene rings is 1. The van der Waals surface area contributed by atoms with Gasteiger partial charge in [-0.15, -0.1) is 0 Å². The standard InChI is InChI=1S/C16H21NO4/c1-17(13-6-8-14(21-2)9-7-13)15(18)11-4-3-5-12(10-11)16(19)20/h6-9,11-12H,3-5,10H2,1-2H3,(H,19,20). The number of hydrogen-bond acceptors (Lipinski definition) is 3. The zero-order valence-electron chi connectivity index (χ0n) is 12.4. The Bertz CT molecular complexity index is 512. The summed E-state index contributed by atoms with van der Waals surface area (Å²) in [7, 11) is 3.33. The summed E-state index contributed by atoms with van der Waals surface area (Å²) in [5.74, 6) is -0.655. The summed E-state index contributed by atoms with van der Waals surface area (Å²) >= 11 is 0. The zero-order valence-corrected chi connectivity index (χ0v) is 12.4. The molecule has 1 saturated carbocycles. The number of carboxylic acids is 1. The first-order valence-electron chi connectivity index (χ1n) is 7.17. The minimum Gasteiger partial charge on any atom is -0.497 e. The maximum Gasteiger partial charge on any atom is 0.306 e. The molecule has 1 N–H and O–H groups in total. The van der Waals surface area contributed by atoms with Gasteiger partial charge in [0.2, 0.25) is 5.91 Å². The van der Waals surface area contributed by atoms with Gasteiger partial charge in [-0.3, -0.25) is 9.59 Å². The molecule has 2 unspecified atom stereocenters. The predicted molar refractivity (Wildman–Crippen MR) is 79.5 cm³/mol. The van der Waals surface area contributed by atoms with E-state index >= 15 is 0 Å². The molecule has 0 radical (unpaired) electrons. The molecule has 114 valence electrons. The van der Waals surface area contributed by atoms with Crippen LogP contribution in [0.1, 0.15) is 25.7 Å². The van der Waals surface area contributed by atoms with Crippen molar-refractivity contribution >= 4 is 17.6 Å². The average Bonchev–Trinajstić information content (AvgIpc) is 2.53. The van der Waals surface area contributed by atoms with Crippen LogP contribution in [0, 0.1) is 11.8 Å². The molecule has 5 nitrogen and oxygen atoms in total. The van der Waals surface area contributed by atoms with Crippen molar-refractivity contribution in [1.29, 1.82) is 0 Å². The smallest absolute Gasteiger partial charge is 0.306 e. The third-order valence-corrected chi connectivity index (χ3v) is 4.16. The maximum absolute atomic E-state index is 12.5. The molecule has 1 aliphatic carbocycles. The van der Waals surface area contributed by atoms with Crippen molar-refractivity contribution in [3.05, 3.63) is 24.3 Å². The van der Waals surface area contributed by atoms with Crippen molar-refractivity contribution in [1.82, 2.24) is 0 Å². The van der Waals surface area contributed by atoms with Crippen LogP contribution in [0.2, 0.25) is 0 Å². The lowest BCUT2D eigenvalue weighted by atomic mass is 9.81. The molecule has 1 amide bonds. The van der Waals surface area contributed by atoms with E-state index in [0.717, 1.165) is 24.3 Å². The second-order valence-electron chi connectivity index (χ2n) is 5.49. The van der Waals surface area contributed by atoms with Crippen LogP contribution >= 0.6 is 0 Å². The summed E-state index contributed by atoms with van der Waals surface area (Å²) in [5.41, 5.74) is 0.790. The fourth-order valence-corrected chi connectivity index (χ4v) is 2.85. The van der Waals surface area contributed by atoms with Gasteiger partial charge in [0.15, 0.2) is 0 Å². The number of carboxylic acid groups (broad SMARTS) is 1. The fourth-order valence-electron chi connectivity index (χ4n) is 2.85. The van der Waals surface area contributed by atoms with Gasteiger partial charge in [-0.1, -0.05) is 6.42 Å². The van der Waals surface area contributed by atoms with E-state index in [9.17, 15) is 9.59 Å². The van der Waals surface area contributed by atoms with Crippen LogP contribution in [0.15, 0.2) is 24.3 Å². The van der Waals surface area contributed by atoms with E-state index in [0.29, 0.717) is 12.8 Å². The topological polar surface area (TPSA) is 66.8 Å². The highest BCUT2D eigenvalue weighted by atomic mass is 16.5. The summed E-state index contributed by atoms with van der Waals surface area (Å²) in [5, 5.41) is 9.11. The highest BCUT2D eigenvalue weighted by molar-refractivity contribution is 5.94. The number of ether oxygens (including phenoxy) is 1. The van der Waals surface area contributed by atoms with Crippen molar-refractivity contribution in [2.75, 3.05) is 19.1 Å². The quantitative estimate of drug-likeness (QED) is 0.925. The first kappa shape index (κ1) is 15.4. The Morgan fingerprint density at radius 1 is 1.19 bits per heavy atom. The summed E-state index contributed by atoms with van der Waals surface area (Å²) in [6, 6.07) is 7.27. The predicted octanol–water partition coefficient (Wildman–Crippen LogP) is 2.55. The van der Waals surface area contributed by atoms with Crippen molar-refractivity contribution in [2.24, 2.45) is 11.8 Å². The molecule has 2 rings (SSSR count). The van der Waals surface area contributed by atoms with Crippen LogP contribution in [0.3, 0.4) is 0 Å². The zero-order chi connectivity index (χ0) is 15.4. The molecule has 0 bridgehead atoms. The van der Waals surface area contributed by atoms with Crippen LogP contribution in [-0.2, 0) is 9.59 Å². The molecule has 21 heavy (non-hydrogen) atoms. The number of amides is 1. The second kappa shape index (κ2) is 6.61. The molecule has 0 spiro atoms. The van der Waals surface area contributed by atoms with Crippen molar-refractivity contribution in [3.8, 4) is 5.75 Å². The molecule has 1 aromatic rings. The molecule has 1 aromatic carbocycles. The number of carbonyl (C=O) groups is 2. The number of carbonyl (C=O) groups excluding carboxylic acids is 1. The molecular weight excluding hydrogens is 270 g/mol. The summed E-state index contributed by atoms with van der Waals surface area (Å²) in [4.78, 5) is 25.2. The number of methoxy groups -OCH3 is 1. The second-order valence-corrected chi connectivity index (χ2v) is 5.49. The monoisotopic (exact) mass is 291 g/mol. The number of anilines is 1. The van der Waals surface area contributed by atoms with Crippen molar-refractivity contribution < 1.29 is 19.4 Å². The van der Waals surface area contributed by atoms with Crippen LogP contribution in [0.25, 0.3) is 0 Å². The van der Waals surface area contributed by atoms with Gasteiger partial charge in [-0.25, -0.2) is 0 Å². The summed E-state index contributed by atoms with van der Waals surface area (Å²) in [6.07, 6.45) is 2.67. The molecular formula is C16H21NO4. The van der Waals surface area contributed by atoms with Crippen LogP contribution in [-0.4, -0.2) is 31.1 Å². The Hall–Kier alpha value is -2.04. The number of hydrogen-bond donors (Lipinski definition) is 1. The first-order valence-corrected chi connectivity index (χ1v) is 7.17. The largest absolute Gasteiger partial charge is 0.497 e. The van der Waals surface area contributed by atoms with Crippen LogP contribution in [0.5, 0.6) is 5.75 Å². The Kier molecular flexibility index (Phi) is 4.83. The lowest BCUT2D eigenvalue weighted by Crippen LogP contribution is -2.36. The molecule has 0 saturated heterocycles. The minimum atomic E-state index is -0.792. The van der Waals surface area contributed by atoms with Gasteiger partial charge in [0, 0.05) is 18.7 Å². The number of nitrogens with zero attached hydrogens (tertiary/aromatic N) is 1. The van der Waals surface area contributed by atoms with Crippen molar-refractivity contribution in [2.45, 2.75) is 25.7 Å². The van der Waals surface area contributed by atoms with Gasteiger partial charge in [0.1, 0.15) is 5.75 Å². The van der Waals surface area contributed by atoms with Gasteiger partial charge < -0.3 is 14.7 Å². The van der Waals surface area contributed by atoms with E-state index in [1.165, 1.54) is 0 Å². The van der Waals surface area contributed by atoms with Crippen LogP contribution < -0.4 is 9.64 Å². The average molecular weight is 291 g/mol. The lowest BCUT2D eigenvalue weighted by molar-refractivity contribution is -0.143. The summed E-state index contributed by atoms with van der Waals surface area (Å²) in [6.45, 7) is 0. The van der Waals surface area contributed by atoms with Gasteiger partial charge in [0.25, 0.3) is 0 Å². The first-order chi connectivity index (χ1) is 10.0. The van der Waals surface area contributed by atoms with Crippen molar-refractivity contribution in [3.63, 3.8) is 0 Å². The highest BCUT2D eigenvalue weighted by Gasteiger charge is 2.32. The molecule has 2 atom stereocenters. The maximum atomic E-state index is 12.5. The molecule has 1 fully saturated rings. The van der Waals surface area contributed by atoms with E-state index in [4.69, 9.17) is 9.84 Å². The minimum absolute atomic E-state index is 0.00823. The molecule has 5 heteroatoms. The number of rotatable bonds is 4.